The Balaban J connectivity index is 1.88. The molecule has 0 amide bonds. The standard InChI is InChI=1S/C20H15NO3/c22-11-18(24)19-14-7-3-1-5-12(14)9-15(19)20-17(23)10-13-6-2-4-8-16(13)21-20/h1-8,10-11,15,19,23H,9H2. The number of aromatic hydroxyl groups is 1. The van der Waals surface area contributed by atoms with Crippen molar-refractivity contribution in [3.63, 3.8) is 0 Å². The van der Waals surface area contributed by atoms with Crippen LogP contribution in [0.15, 0.2) is 54.6 Å². The molecule has 118 valence electrons. The van der Waals surface area contributed by atoms with Gasteiger partial charge in [0, 0.05) is 11.3 Å². The molecule has 1 aliphatic carbocycles. The van der Waals surface area contributed by atoms with Crippen LogP contribution in [0.2, 0.25) is 0 Å². The number of nitrogens with zero attached hydrogens (tertiary/aromatic N) is 1. The van der Waals surface area contributed by atoms with Crippen LogP contribution >= 0.6 is 0 Å². The molecule has 1 aromatic heterocycles. The quantitative estimate of drug-likeness (QED) is 0.595. The third kappa shape index (κ3) is 2.19. The van der Waals surface area contributed by atoms with Gasteiger partial charge in [0.1, 0.15) is 5.75 Å². The van der Waals surface area contributed by atoms with Crippen LogP contribution in [0.4, 0.5) is 0 Å². The van der Waals surface area contributed by atoms with Crippen LogP contribution in [-0.2, 0) is 16.0 Å². The summed E-state index contributed by atoms with van der Waals surface area (Å²) in [6.45, 7) is 0. The van der Waals surface area contributed by atoms with Crippen LogP contribution in [0.25, 0.3) is 10.9 Å². The molecule has 2 unspecified atom stereocenters. The highest BCUT2D eigenvalue weighted by Crippen LogP contribution is 2.46. The molecule has 4 nitrogen and oxygen atoms in total. The number of ketones is 1. The summed E-state index contributed by atoms with van der Waals surface area (Å²) in [5.41, 5.74) is 3.12. The number of carbonyl (C=O) groups is 2. The first-order chi connectivity index (χ1) is 11.7. The Bertz CT molecular complexity index is 964. The van der Waals surface area contributed by atoms with E-state index in [1.165, 1.54) is 0 Å². The van der Waals surface area contributed by atoms with E-state index in [4.69, 9.17) is 0 Å². The monoisotopic (exact) mass is 317 g/mol. The lowest BCUT2D eigenvalue weighted by Crippen LogP contribution is -2.18. The van der Waals surface area contributed by atoms with Crippen molar-refractivity contribution in [2.75, 3.05) is 0 Å². The summed E-state index contributed by atoms with van der Waals surface area (Å²) < 4.78 is 0. The number of aldehydes is 1. The number of fused-ring (bicyclic) bond motifs is 2. The summed E-state index contributed by atoms with van der Waals surface area (Å²) in [7, 11) is 0. The molecule has 4 heteroatoms. The maximum atomic E-state index is 12.3. The SMILES string of the molecule is O=CC(=O)C1c2ccccc2CC1c1nc2ccccc2cc1O. The van der Waals surface area contributed by atoms with E-state index in [1.807, 2.05) is 48.5 Å². The molecule has 0 radical (unpaired) electrons. The summed E-state index contributed by atoms with van der Waals surface area (Å²) in [5, 5.41) is 11.3. The number of hydrogen-bond donors (Lipinski definition) is 1. The topological polar surface area (TPSA) is 67.3 Å². The lowest BCUT2D eigenvalue weighted by atomic mass is 9.86. The fraction of sp³-hybridized carbons (Fsp3) is 0.150. The van der Waals surface area contributed by atoms with Gasteiger partial charge in [-0.15, -0.1) is 0 Å². The van der Waals surface area contributed by atoms with E-state index in [9.17, 15) is 14.7 Å². The Morgan fingerprint density at radius 2 is 1.88 bits per heavy atom. The highest BCUT2D eigenvalue weighted by atomic mass is 16.3. The number of hydrogen-bond acceptors (Lipinski definition) is 4. The van der Waals surface area contributed by atoms with E-state index in [-0.39, 0.29) is 11.7 Å². The Hall–Kier alpha value is -3.01. The first-order valence-corrected chi connectivity index (χ1v) is 7.84. The molecule has 4 rings (SSSR count). The molecule has 2 atom stereocenters. The molecule has 1 heterocycles. The van der Waals surface area contributed by atoms with Crippen molar-refractivity contribution in [2.45, 2.75) is 18.3 Å². The maximum absolute atomic E-state index is 12.3. The molecule has 0 fully saturated rings. The van der Waals surface area contributed by atoms with Crippen LogP contribution in [0.5, 0.6) is 5.75 Å². The van der Waals surface area contributed by atoms with E-state index in [2.05, 4.69) is 4.98 Å². The van der Waals surface area contributed by atoms with Crippen molar-refractivity contribution in [1.29, 1.82) is 0 Å². The number of rotatable bonds is 3. The Morgan fingerprint density at radius 1 is 1.12 bits per heavy atom. The molecule has 0 saturated carbocycles. The minimum absolute atomic E-state index is 0.0650. The molecule has 24 heavy (non-hydrogen) atoms. The second kappa shape index (κ2) is 5.57. The summed E-state index contributed by atoms with van der Waals surface area (Å²) in [6.07, 6.45) is 0.956. The highest BCUT2D eigenvalue weighted by molar-refractivity contribution is 6.28. The second-order valence-electron chi connectivity index (χ2n) is 6.09. The molecule has 0 saturated heterocycles. The van der Waals surface area contributed by atoms with E-state index in [1.54, 1.807) is 6.07 Å². The molecule has 0 aliphatic heterocycles. The van der Waals surface area contributed by atoms with Crippen LogP contribution in [0.3, 0.4) is 0 Å². The largest absolute Gasteiger partial charge is 0.506 e. The Kier molecular flexibility index (Phi) is 3.38. The number of carbonyl (C=O) groups excluding carboxylic acids is 2. The molecule has 3 aromatic rings. The fourth-order valence-electron chi connectivity index (χ4n) is 3.67. The molecule has 0 bridgehead atoms. The van der Waals surface area contributed by atoms with Crippen molar-refractivity contribution in [1.82, 2.24) is 4.98 Å². The Morgan fingerprint density at radius 3 is 2.71 bits per heavy atom. The smallest absolute Gasteiger partial charge is 0.203 e. The molecular weight excluding hydrogens is 302 g/mol. The minimum atomic E-state index is -0.585. The third-order valence-electron chi connectivity index (χ3n) is 4.74. The average molecular weight is 317 g/mol. The Labute approximate surface area is 138 Å². The molecular formula is C20H15NO3. The van der Waals surface area contributed by atoms with Crippen molar-refractivity contribution < 1.29 is 14.7 Å². The summed E-state index contributed by atoms with van der Waals surface area (Å²) in [6, 6.07) is 16.8. The zero-order valence-electron chi connectivity index (χ0n) is 12.8. The van der Waals surface area contributed by atoms with Gasteiger partial charge in [0.2, 0.25) is 5.78 Å². The third-order valence-corrected chi connectivity index (χ3v) is 4.74. The summed E-state index contributed by atoms with van der Waals surface area (Å²) in [5.74, 6) is -1.32. The van der Waals surface area contributed by atoms with Gasteiger partial charge in [0.25, 0.3) is 0 Å². The van der Waals surface area contributed by atoms with Gasteiger partial charge in [-0.25, -0.2) is 4.98 Å². The number of pyridine rings is 1. The van der Waals surface area contributed by atoms with Gasteiger partial charge in [0.05, 0.1) is 17.1 Å². The van der Waals surface area contributed by atoms with Crippen LogP contribution in [0, 0.1) is 0 Å². The minimum Gasteiger partial charge on any atom is -0.506 e. The first kappa shape index (κ1) is 14.6. The van der Waals surface area contributed by atoms with Gasteiger partial charge in [0.15, 0.2) is 6.29 Å². The van der Waals surface area contributed by atoms with Crippen molar-refractivity contribution >= 4 is 23.0 Å². The van der Waals surface area contributed by atoms with Gasteiger partial charge in [-0.3, -0.25) is 9.59 Å². The molecule has 0 spiro atoms. The van der Waals surface area contributed by atoms with Crippen molar-refractivity contribution in [3.05, 3.63) is 71.4 Å². The second-order valence-corrected chi connectivity index (χ2v) is 6.09. The van der Waals surface area contributed by atoms with Crippen molar-refractivity contribution in [3.8, 4) is 5.75 Å². The number of benzene rings is 2. The van der Waals surface area contributed by atoms with Gasteiger partial charge in [-0.1, -0.05) is 42.5 Å². The molecule has 1 aliphatic rings. The van der Waals surface area contributed by atoms with Gasteiger partial charge < -0.3 is 5.11 Å². The fourth-order valence-corrected chi connectivity index (χ4v) is 3.67. The maximum Gasteiger partial charge on any atom is 0.203 e. The predicted octanol–water partition coefficient (Wildman–Crippen LogP) is 3.13. The number of aromatic nitrogens is 1. The number of para-hydroxylation sites is 1. The lowest BCUT2D eigenvalue weighted by molar-refractivity contribution is -0.131. The highest BCUT2D eigenvalue weighted by Gasteiger charge is 2.40. The molecule has 1 N–H and O–H groups in total. The van der Waals surface area contributed by atoms with E-state index >= 15 is 0 Å². The van der Waals surface area contributed by atoms with E-state index < -0.39 is 11.7 Å². The van der Waals surface area contributed by atoms with Crippen LogP contribution < -0.4 is 0 Å². The van der Waals surface area contributed by atoms with E-state index in [0.29, 0.717) is 18.4 Å². The first-order valence-electron chi connectivity index (χ1n) is 7.84. The van der Waals surface area contributed by atoms with Gasteiger partial charge >= 0.3 is 0 Å². The average Bonchev–Trinajstić information content (AvgIpc) is 2.99. The zero-order valence-corrected chi connectivity index (χ0v) is 12.8. The summed E-state index contributed by atoms with van der Waals surface area (Å²) in [4.78, 5) is 28.0. The van der Waals surface area contributed by atoms with Gasteiger partial charge in [-0.2, -0.15) is 0 Å². The zero-order chi connectivity index (χ0) is 16.7. The van der Waals surface area contributed by atoms with Crippen LogP contribution in [0.1, 0.15) is 28.7 Å². The molecule has 2 aromatic carbocycles. The van der Waals surface area contributed by atoms with Crippen LogP contribution in [-0.4, -0.2) is 22.2 Å². The van der Waals surface area contributed by atoms with E-state index in [0.717, 1.165) is 22.0 Å². The number of Topliss-reactive ketones (excluding diaryl/α,β-unsaturated/α-hetero) is 1. The normalized spacial score (nSPS) is 19.2. The van der Waals surface area contributed by atoms with Gasteiger partial charge in [-0.05, 0) is 29.7 Å². The predicted molar refractivity (Wildman–Crippen MR) is 90.1 cm³/mol. The lowest BCUT2D eigenvalue weighted by Gasteiger charge is -2.18. The van der Waals surface area contributed by atoms with Crippen molar-refractivity contribution in [2.24, 2.45) is 0 Å². The summed E-state index contributed by atoms with van der Waals surface area (Å²) >= 11 is 0.